The molecule has 5 aromatic heterocycles. The van der Waals surface area contributed by atoms with Crippen molar-refractivity contribution in [3.8, 4) is 23.3 Å². The first kappa shape index (κ1) is 31.3. The zero-order valence-electron chi connectivity index (χ0n) is 31.2. The summed E-state index contributed by atoms with van der Waals surface area (Å²) < 4.78 is 9.22. The van der Waals surface area contributed by atoms with Crippen molar-refractivity contribution < 1.29 is 0 Å². The maximum absolute atomic E-state index is 5.54. The van der Waals surface area contributed by atoms with Crippen molar-refractivity contribution in [3.05, 3.63) is 194 Å². The van der Waals surface area contributed by atoms with Crippen LogP contribution >= 0.6 is 0 Å². The SMILES string of the molecule is c1ccc2c(c1)c1ccccc1n2-c1ccc2c(c1)c1ccccc1n2-c1nc(-n2c3ccccc3c3ccccc32)cc(-n2c3ccccc3c3ccccc32)n1. The Morgan fingerprint density at radius 2 is 0.534 bits per heavy atom. The summed E-state index contributed by atoms with van der Waals surface area (Å²) in [5, 5.41) is 9.51. The highest BCUT2D eigenvalue weighted by atomic mass is 15.2. The van der Waals surface area contributed by atoms with Crippen LogP contribution in [0.4, 0.5) is 0 Å². The summed E-state index contributed by atoms with van der Waals surface area (Å²) in [6.45, 7) is 0. The lowest BCUT2D eigenvalue weighted by Gasteiger charge is -2.15. The van der Waals surface area contributed by atoms with Crippen LogP contribution in [0.1, 0.15) is 0 Å². The summed E-state index contributed by atoms with van der Waals surface area (Å²) in [5.74, 6) is 2.20. The fourth-order valence-electron chi connectivity index (χ4n) is 9.59. The van der Waals surface area contributed by atoms with E-state index < -0.39 is 0 Å². The Morgan fingerprint density at radius 3 is 0.914 bits per heavy atom. The molecule has 5 heterocycles. The van der Waals surface area contributed by atoms with Crippen LogP contribution in [0.25, 0.3) is 110 Å². The molecule has 8 aromatic carbocycles. The first-order chi connectivity index (χ1) is 28.8. The van der Waals surface area contributed by atoms with Gasteiger partial charge in [0.05, 0.1) is 44.1 Å². The summed E-state index contributed by atoms with van der Waals surface area (Å²) in [6.07, 6.45) is 0. The van der Waals surface area contributed by atoms with E-state index in [4.69, 9.17) is 9.97 Å². The number of hydrogen-bond donors (Lipinski definition) is 0. The van der Waals surface area contributed by atoms with E-state index in [9.17, 15) is 0 Å². The Morgan fingerprint density at radius 1 is 0.241 bits per heavy atom. The van der Waals surface area contributed by atoms with Gasteiger partial charge in [0, 0.05) is 54.8 Å². The van der Waals surface area contributed by atoms with Gasteiger partial charge < -0.3 is 4.57 Å². The molecule has 0 aliphatic carbocycles. The second-order valence-electron chi connectivity index (χ2n) is 15.0. The lowest BCUT2D eigenvalue weighted by Crippen LogP contribution is -2.10. The maximum atomic E-state index is 5.54. The first-order valence-electron chi connectivity index (χ1n) is 19.7. The minimum Gasteiger partial charge on any atom is -0.309 e. The van der Waals surface area contributed by atoms with E-state index >= 15 is 0 Å². The lowest BCUT2D eigenvalue weighted by molar-refractivity contribution is 0.918. The quantitative estimate of drug-likeness (QED) is 0.180. The normalized spacial score (nSPS) is 12.1. The second-order valence-corrected chi connectivity index (χ2v) is 15.0. The van der Waals surface area contributed by atoms with Gasteiger partial charge in [-0.25, -0.2) is 0 Å². The van der Waals surface area contributed by atoms with Crippen molar-refractivity contribution in [2.24, 2.45) is 0 Å². The molecule has 13 rings (SSSR count). The highest BCUT2D eigenvalue weighted by molar-refractivity contribution is 6.13. The van der Waals surface area contributed by atoms with Crippen LogP contribution in [0.3, 0.4) is 0 Å². The predicted octanol–water partition coefficient (Wildman–Crippen LogP) is 12.9. The van der Waals surface area contributed by atoms with E-state index in [2.05, 4.69) is 212 Å². The molecule has 0 amide bonds. The number of para-hydroxylation sites is 7. The Hall–Kier alpha value is -7.96. The highest BCUT2D eigenvalue weighted by Crippen LogP contribution is 2.39. The number of benzene rings is 8. The predicted molar refractivity (Wildman–Crippen MR) is 239 cm³/mol. The molecule has 13 aromatic rings. The molecule has 0 saturated carbocycles. The van der Waals surface area contributed by atoms with Gasteiger partial charge in [-0.3, -0.25) is 13.7 Å². The van der Waals surface area contributed by atoms with Gasteiger partial charge >= 0.3 is 0 Å². The molecule has 0 spiro atoms. The average molecular weight is 741 g/mol. The minimum absolute atomic E-state index is 0.604. The fourth-order valence-corrected chi connectivity index (χ4v) is 9.59. The molecular formula is C52H32N6. The van der Waals surface area contributed by atoms with E-state index in [0.717, 1.165) is 61.2 Å². The first-order valence-corrected chi connectivity index (χ1v) is 19.7. The van der Waals surface area contributed by atoms with Gasteiger partial charge in [-0.2, -0.15) is 9.97 Å². The average Bonchev–Trinajstić information content (AvgIpc) is 4.01. The van der Waals surface area contributed by atoms with Crippen LogP contribution in [-0.2, 0) is 0 Å². The van der Waals surface area contributed by atoms with Crippen LogP contribution in [0.2, 0.25) is 0 Å². The molecule has 0 bridgehead atoms. The molecule has 0 N–H and O–H groups in total. The van der Waals surface area contributed by atoms with Gasteiger partial charge in [-0.1, -0.05) is 127 Å². The van der Waals surface area contributed by atoms with Crippen molar-refractivity contribution >= 4 is 87.2 Å². The molecule has 0 aliphatic heterocycles. The van der Waals surface area contributed by atoms with Crippen molar-refractivity contribution in [1.82, 2.24) is 28.2 Å². The van der Waals surface area contributed by atoms with Gasteiger partial charge in [-0.05, 0) is 60.7 Å². The fraction of sp³-hybridized carbons (Fsp3) is 0. The number of aromatic nitrogens is 6. The summed E-state index contributed by atoms with van der Waals surface area (Å²) >= 11 is 0. The minimum atomic E-state index is 0.604. The van der Waals surface area contributed by atoms with Crippen LogP contribution in [0.15, 0.2) is 194 Å². The zero-order chi connectivity index (χ0) is 37.9. The van der Waals surface area contributed by atoms with Gasteiger partial charge in [-0.15, -0.1) is 0 Å². The van der Waals surface area contributed by atoms with E-state index in [1.54, 1.807) is 0 Å². The smallest absolute Gasteiger partial charge is 0.238 e. The summed E-state index contributed by atoms with van der Waals surface area (Å²) in [6, 6.07) is 69.4. The van der Waals surface area contributed by atoms with Crippen LogP contribution in [0, 0.1) is 0 Å². The van der Waals surface area contributed by atoms with Gasteiger partial charge in [0.2, 0.25) is 5.95 Å². The molecule has 6 nitrogen and oxygen atoms in total. The highest BCUT2D eigenvalue weighted by Gasteiger charge is 2.22. The van der Waals surface area contributed by atoms with Crippen LogP contribution < -0.4 is 0 Å². The third-order valence-corrected chi connectivity index (χ3v) is 12.0. The molecule has 0 atom stereocenters. The summed E-state index contributed by atoms with van der Waals surface area (Å²) in [5.41, 5.74) is 9.95. The molecule has 0 fully saturated rings. The van der Waals surface area contributed by atoms with Crippen molar-refractivity contribution in [3.63, 3.8) is 0 Å². The van der Waals surface area contributed by atoms with Crippen molar-refractivity contribution in [1.29, 1.82) is 0 Å². The topological polar surface area (TPSA) is 45.5 Å². The Balaban J connectivity index is 1.13. The molecule has 6 heteroatoms. The monoisotopic (exact) mass is 740 g/mol. The van der Waals surface area contributed by atoms with Gasteiger partial charge in [0.1, 0.15) is 11.6 Å². The molecule has 0 unspecified atom stereocenters. The largest absolute Gasteiger partial charge is 0.309 e. The van der Waals surface area contributed by atoms with Gasteiger partial charge in [0.15, 0.2) is 0 Å². The molecule has 58 heavy (non-hydrogen) atoms. The summed E-state index contributed by atoms with van der Waals surface area (Å²) in [4.78, 5) is 11.1. The maximum Gasteiger partial charge on any atom is 0.238 e. The second kappa shape index (κ2) is 11.8. The van der Waals surface area contributed by atoms with E-state index in [1.807, 2.05) is 0 Å². The van der Waals surface area contributed by atoms with Crippen LogP contribution in [0.5, 0.6) is 0 Å². The third kappa shape index (κ3) is 4.26. The van der Waals surface area contributed by atoms with Gasteiger partial charge in [0.25, 0.3) is 0 Å². The molecule has 270 valence electrons. The Labute approximate surface area is 331 Å². The van der Waals surface area contributed by atoms with E-state index in [0.29, 0.717) is 5.95 Å². The standard InChI is InChI=1S/C52H32N6/c1-8-22-42-34(15-1)35-16-2-9-23-43(35)55(42)33-29-30-49-41(31-33)40-21-7-14-28-48(40)58(49)52-53-50(56-44-24-10-3-17-36(44)37-18-4-11-25-45(37)56)32-51(54-52)57-46-26-12-5-19-38(46)39-20-6-13-27-47(39)57/h1-32H. The molecule has 0 aliphatic rings. The lowest BCUT2D eigenvalue weighted by atomic mass is 10.1. The number of rotatable bonds is 4. The van der Waals surface area contributed by atoms with E-state index in [-0.39, 0.29) is 0 Å². The Kier molecular flexibility index (Phi) is 6.35. The van der Waals surface area contributed by atoms with Crippen molar-refractivity contribution in [2.45, 2.75) is 0 Å². The zero-order valence-corrected chi connectivity index (χ0v) is 31.2. The molecular weight excluding hydrogens is 709 g/mol. The number of fused-ring (bicyclic) bond motifs is 12. The van der Waals surface area contributed by atoms with E-state index in [1.165, 1.54) is 43.4 Å². The third-order valence-electron chi connectivity index (χ3n) is 12.0. The van der Waals surface area contributed by atoms with Crippen LogP contribution in [-0.4, -0.2) is 28.2 Å². The molecule has 0 saturated heterocycles. The number of hydrogen-bond acceptors (Lipinski definition) is 2. The number of nitrogens with zero attached hydrogens (tertiary/aromatic N) is 6. The molecule has 0 radical (unpaired) electrons. The summed E-state index contributed by atoms with van der Waals surface area (Å²) in [7, 11) is 0. The van der Waals surface area contributed by atoms with Crippen molar-refractivity contribution in [2.75, 3.05) is 0 Å². The Bertz CT molecular complexity index is 3530.